The number of methoxy groups -OCH3 is 1. The van der Waals surface area contributed by atoms with Crippen molar-refractivity contribution in [3.05, 3.63) is 12.3 Å². The lowest BCUT2D eigenvalue weighted by atomic mass is 9.94. The second-order valence-corrected chi connectivity index (χ2v) is 4.48. The Balaban J connectivity index is 2.15. The van der Waals surface area contributed by atoms with E-state index in [0.717, 1.165) is 12.5 Å². The second-order valence-electron chi connectivity index (χ2n) is 4.48. The van der Waals surface area contributed by atoms with Gasteiger partial charge in [-0.25, -0.2) is 4.98 Å². The highest BCUT2D eigenvalue weighted by molar-refractivity contribution is 5.33. The van der Waals surface area contributed by atoms with E-state index in [4.69, 9.17) is 4.74 Å². The molecule has 0 spiro atoms. The van der Waals surface area contributed by atoms with Crippen molar-refractivity contribution in [1.29, 1.82) is 0 Å². The Kier molecular flexibility index (Phi) is 4.18. The molecule has 0 amide bonds. The number of nitrogens with zero attached hydrogens (tertiary/aromatic N) is 3. The zero-order valence-electron chi connectivity index (χ0n) is 10.7. The number of anilines is 1. The summed E-state index contributed by atoms with van der Waals surface area (Å²) in [6.45, 7) is 3.12. The van der Waals surface area contributed by atoms with Crippen LogP contribution in [0.4, 0.5) is 5.95 Å². The van der Waals surface area contributed by atoms with Crippen LogP contribution in [0.25, 0.3) is 0 Å². The minimum Gasteiger partial charge on any atom is -0.481 e. The van der Waals surface area contributed by atoms with E-state index in [1.165, 1.54) is 32.1 Å². The van der Waals surface area contributed by atoms with Gasteiger partial charge in [-0.15, -0.1) is 0 Å². The van der Waals surface area contributed by atoms with Gasteiger partial charge in [0, 0.05) is 24.8 Å². The van der Waals surface area contributed by atoms with Crippen LogP contribution in [0.3, 0.4) is 0 Å². The van der Waals surface area contributed by atoms with Crippen LogP contribution in [0.15, 0.2) is 12.3 Å². The summed E-state index contributed by atoms with van der Waals surface area (Å²) in [6, 6.07) is 2.39. The SMILES string of the molecule is CCN(c1nccc(OC)n1)C1CCCCC1. The molecule has 0 atom stereocenters. The van der Waals surface area contributed by atoms with Crippen LogP contribution in [0.5, 0.6) is 5.88 Å². The molecule has 0 N–H and O–H groups in total. The van der Waals surface area contributed by atoms with Crippen LogP contribution < -0.4 is 9.64 Å². The molecule has 0 saturated heterocycles. The minimum atomic E-state index is 0.598. The maximum atomic E-state index is 5.16. The molecule has 1 aromatic heterocycles. The third-order valence-electron chi connectivity index (χ3n) is 3.44. The maximum absolute atomic E-state index is 5.16. The average molecular weight is 235 g/mol. The summed E-state index contributed by atoms with van der Waals surface area (Å²) in [4.78, 5) is 11.1. The third-order valence-corrected chi connectivity index (χ3v) is 3.44. The minimum absolute atomic E-state index is 0.598. The molecule has 0 radical (unpaired) electrons. The quantitative estimate of drug-likeness (QED) is 0.804. The smallest absolute Gasteiger partial charge is 0.228 e. The van der Waals surface area contributed by atoms with Crippen LogP contribution in [-0.4, -0.2) is 29.7 Å². The first kappa shape index (κ1) is 12.1. The van der Waals surface area contributed by atoms with Crippen LogP contribution in [0.2, 0.25) is 0 Å². The molecular formula is C13H21N3O. The number of rotatable bonds is 4. The van der Waals surface area contributed by atoms with E-state index in [0.29, 0.717) is 11.9 Å². The highest BCUT2D eigenvalue weighted by atomic mass is 16.5. The van der Waals surface area contributed by atoms with Crippen molar-refractivity contribution in [2.24, 2.45) is 0 Å². The predicted octanol–water partition coefficient (Wildman–Crippen LogP) is 2.64. The molecule has 0 bridgehead atoms. The van der Waals surface area contributed by atoms with Crippen LogP contribution in [0, 0.1) is 0 Å². The van der Waals surface area contributed by atoms with Crippen molar-refractivity contribution in [3.8, 4) is 5.88 Å². The van der Waals surface area contributed by atoms with Gasteiger partial charge < -0.3 is 9.64 Å². The second kappa shape index (κ2) is 5.84. The first-order valence-electron chi connectivity index (χ1n) is 6.49. The topological polar surface area (TPSA) is 38.2 Å². The lowest BCUT2D eigenvalue weighted by Gasteiger charge is -2.33. The van der Waals surface area contributed by atoms with Crippen molar-refractivity contribution >= 4 is 5.95 Å². The fourth-order valence-electron chi connectivity index (χ4n) is 2.54. The van der Waals surface area contributed by atoms with Gasteiger partial charge in [0.25, 0.3) is 0 Å². The Hall–Kier alpha value is -1.32. The highest BCUT2D eigenvalue weighted by Crippen LogP contribution is 2.25. The zero-order valence-corrected chi connectivity index (χ0v) is 10.7. The molecule has 1 heterocycles. The van der Waals surface area contributed by atoms with Gasteiger partial charge in [-0.3, -0.25) is 0 Å². The monoisotopic (exact) mass is 235 g/mol. The fourth-order valence-corrected chi connectivity index (χ4v) is 2.54. The van der Waals surface area contributed by atoms with Crippen molar-refractivity contribution in [2.45, 2.75) is 45.1 Å². The lowest BCUT2D eigenvalue weighted by Crippen LogP contribution is -2.37. The van der Waals surface area contributed by atoms with Crippen molar-refractivity contribution in [3.63, 3.8) is 0 Å². The van der Waals surface area contributed by atoms with E-state index in [1.807, 2.05) is 0 Å². The predicted molar refractivity (Wildman–Crippen MR) is 68.5 cm³/mol. The number of ether oxygens (including phenoxy) is 1. The first-order chi connectivity index (χ1) is 8.35. The summed E-state index contributed by atoms with van der Waals surface area (Å²) in [5.74, 6) is 1.45. The van der Waals surface area contributed by atoms with Gasteiger partial charge in [-0.1, -0.05) is 19.3 Å². The molecular weight excluding hydrogens is 214 g/mol. The van der Waals surface area contributed by atoms with E-state index in [-0.39, 0.29) is 0 Å². The molecule has 2 rings (SSSR count). The molecule has 4 nitrogen and oxygen atoms in total. The van der Waals surface area contributed by atoms with Crippen LogP contribution >= 0.6 is 0 Å². The van der Waals surface area contributed by atoms with Gasteiger partial charge in [0.05, 0.1) is 7.11 Å². The zero-order chi connectivity index (χ0) is 12.1. The molecule has 1 aliphatic rings. The number of hydrogen-bond acceptors (Lipinski definition) is 4. The van der Waals surface area contributed by atoms with E-state index >= 15 is 0 Å². The van der Waals surface area contributed by atoms with Gasteiger partial charge in [-0.2, -0.15) is 4.98 Å². The molecule has 17 heavy (non-hydrogen) atoms. The molecule has 0 aromatic carbocycles. The summed E-state index contributed by atoms with van der Waals surface area (Å²) in [7, 11) is 1.64. The largest absolute Gasteiger partial charge is 0.481 e. The van der Waals surface area contributed by atoms with Crippen LogP contribution in [-0.2, 0) is 0 Å². The lowest BCUT2D eigenvalue weighted by molar-refractivity contribution is 0.390. The Morgan fingerprint density at radius 3 is 2.76 bits per heavy atom. The van der Waals surface area contributed by atoms with Gasteiger partial charge >= 0.3 is 0 Å². The van der Waals surface area contributed by atoms with Crippen molar-refractivity contribution in [1.82, 2.24) is 9.97 Å². The molecule has 1 saturated carbocycles. The van der Waals surface area contributed by atoms with E-state index in [2.05, 4.69) is 21.8 Å². The first-order valence-corrected chi connectivity index (χ1v) is 6.49. The average Bonchev–Trinajstić information content (AvgIpc) is 2.41. The standard InChI is InChI=1S/C13H21N3O/c1-3-16(11-7-5-4-6-8-11)13-14-10-9-12(15-13)17-2/h9-11H,3-8H2,1-2H3. The van der Waals surface area contributed by atoms with Gasteiger partial charge in [0.15, 0.2) is 0 Å². The van der Waals surface area contributed by atoms with Gasteiger partial charge in [0.1, 0.15) is 0 Å². The number of hydrogen-bond donors (Lipinski definition) is 0. The van der Waals surface area contributed by atoms with E-state index in [9.17, 15) is 0 Å². The van der Waals surface area contributed by atoms with Crippen molar-refractivity contribution in [2.75, 3.05) is 18.6 Å². The maximum Gasteiger partial charge on any atom is 0.228 e. The van der Waals surface area contributed by atoms with Crippen molar-refractivity contribution < 1.29 is 4.74 Å². The Bertz CT molecular complexity index is 350. The third kappa shape index (κ3) is 2.87. The van der Waals surface area contributed by atoms with Crippen LogP contribution in [0.1, 0.15) is 39.0 Å². The summed E-state index contributed by atoms with van der Waals surface area (Å²) < 4.78 is 5.16. The normalized spacial score (nSPS) is 16.8. The van der Waals surface area contributed by atoms with Gasteiger partial charge in [-0.05, 0) is 19.8 Å². The molecule has 1 aliphatic carbocycles. The number of aromatic nitrogens is 2. The molecule has 4 heteroatoms. The van der Waals surface area contributed by atoms with Gasteiger partial charge in [0.2, 0.25) is 11.8 Å². The molecule has 0 unspecified atom stereocenters. The molecule has 94 valence electrons. The molecule has 1 aromatic rings. The summed E-state index contributed by atoms with van der Waals surface area (Å²) in [5, 5.41) is 0. The Labute approximate surface area is 103 Å². The fraction of sp³-hybridized carbons (Fsp3) is 0.692. The summed E-state index contributed by atoms with van der Waals surface area (Å²) in [5.41, 5.74) is 0. The van der Waals surface area contributed by atoms with E-state index < -0.39 is 0 Å². The highest BCUT2D eigenvalue weighted by Gasteiger charge is 2.22. The molecule has 1 fully saturated rings. The summed E-state index contributed by atoms with van der Waals surface area (Å²) >= 11 is 0. The summed E-state index contributed by atoms with van der Waals surface area (Å²) in [6.07, 6.45) is 8.30. The molecule has 0 aliphatic heterocycles. The Morgan fingerprint density at radius 2 is 2.12 bits per heavy atom. The Morgan fingerprint density at radius 1 is 1.35 bits per heavy atom. The van der Waals surface area contributed by atoms with E-state index in [1.54, 1.807) is 19.4 Å².